The summed E-state index contributed by atoms with van der Waals surface area (Å²) in [6, 6.07) is 13.0. The van der Waals surface area contributed by atoms with Gasteiger partial charge in [-0.05, 0) is 58.7 Å². The van der Waals surface area contributed by atoms with Crippen molar-refractivity contribution in [1.82, 2.24) is 4.57 Å². The summed E-state index contributed by atoms with van der Waals surface area (Å²) in [5.41, 5.74) is 2.47. The third-order valence-electron chi connectivity index (χ3n) is 5.54. The number of aromatic nitrogens is 1. The smallest absolute Gasteiger partial charge is 0.261 e. The molecule has 2 aromatic carbocycles. The zero-order valence-electron chi connectivity index (χ0n) is 15.1. The van der Waals surface area contributed by atoms with Crippen LogP contribution in [0.3, 0.4) is 0 Å². The van der Waals surface area contributed by atoms with Crippen LogP contribution in [0.2, 0.25) is 0 Å². The first-order valence-corrected chi connectivity index (χ1v) is 11.4. The first kappa shape index (κ1) is 18.3. The summed E-state index contributed by atoms with van der Waals surface area (Å²) in [6.07, 6.45) is 4.99. The van der Waals surface area contributed by atoms with Crippen molar-refractivity contribution in [3.8, 4) is 17.4 Å². The molecule has 0 radical (unpaired) electrons. The van der Waals surface area contributed by atoms with Gasteiger partial charge in [0.1, 0.15) is 0 Å². The third-order valence-corrected chi connectivity index (χ3v) is 7.62. The van der Waals surface area contributed by atoms with Gasteiger partial charge in [-0.15, -0.1) is 0 Å². The number of hydrogen-bond acceptors (Lipinski definition) is 4. The number of halogens is 1. The van der Waals surface area contributed by atoms with Crippen LogP contribution >= 0.6 is 15.9 Å². The van der Waals surface area contributed by atoms with E-state index in [1.165, 1.54) is 16.7 Å². The minimum atomic E-state index is -3.78. The van der Waals surface area contributed by atoms with Crippen LogP contribution in [0.15, 0.2) is 70.1 Å². The fourth-order valence-electron chi connectivity index (χ4n) is 4.21. The number of aromatic hydroxyl groups is 2. The average molecular weight is 473 g/mol. The molecule has 0 saturated carbocycles. The molecule has 8 heteroatoms. The molecule has 0 fully saturated rings. The molecule has 5 rings (SSSR count). The van der Waals surface area contributed by atoms with E-state index in [1.807, 2.05) is 0 Å². The molecule has 3 N–H and O–H groups in total. The van der Waals surface area contributed by atoms with E-state index in [1.54, 1.807) is 36.4 Å². The van der Waals surface area contributed by atoms with Gasteiger partial charge in [-0.1, -0.05) is 24.3 Å². The molecule has 0 aliphatic heterocycles. The quantitative estimate of drug-likeness (QED) is 0.484. The van der Waals surface area contributed by atoms with Gasteiger partial charge in [-0.2, -0.15) is 0 Å². The Balaban J connectivity index is 1.48. The molecule has 6 nitrogen and oxygen atoms in total. The highest BCUT2D eigenvalue weighted by molar-refractivity contribution is 9.10. The second kappa shape index (κ2) is 6.40. The first-order chi connectivity index (χ1) is 13.9. The molecular formula is C21H17BrN2O4S. The Bertz CT molecular complexity index is 1230. The Kier molecular flexibility index (Phi) is 4.04. The summed E-state index contributed by atoms with van der Waals surface area (Å²) >= 11 is 3.32. The van der Waals surface area contributed by atoms with E-state index in [0.29, 0.717) is 15.8 Å². The minimum Gasteiger partial charge on any atom is -0.494 e. The Labute approximate surface area is 176 Å². The van der Waals surface area contributed by atoms with Crippen molar-refractivity contribution in [1.29, 1.82) is 0 Å². The maximum atomic E-state index is 12.7. The van der Waals surface area contributed by atoms with E-state index in [-0.39, 0.29) is 28.5 Å². The van der Waals surface area contributed by atoms with Crippen LogP contribution in [-0.2, 0) is 10.0 Å². The number of allylic oxidation sites excluding steroid dienone is 2. The Hall–Kier alpha value is -2.71. The monoisotopic (exact) mass is 472 g/mol. The van der Waals surface area contributed by atoms with E-state index in [2.05, 4.69) is 32.8 Å². The topological polar surface area (TPSA) is 91.6 Å². The molecule has 1 heterocycles. The van der Waals surface area contributed by atoms with Gasteiger partial charge in [-0.3, -0.25) is 9.29 Å². The van der Waals surface area contributed by atoms with E-state index in [0.717, 1.165) is 17.5 Å². The molecule has 3 aromatic rings. The Morgan fingerprint density at radius 2 is 1.52 bits per heavy atom. The summed E-state index contributed by atoms with van der Waals surface area (Å²) < 4.78 is 30.0. The number of nitrogens with zero attached hydrogens (tertiary/aromatic N) is 1. The van der Waals surface area contributed by atoms with Gasteiger partial charge in [0.2, 0.25) is 11.8 Å². The molecule has 2 aliphatic rings. The second-order valence-corrected chi connectivity index (χ2v) is 9.76. The van der Waals surface area contributed by atoms with Gasteiger partial charge < -0.3 is 10.2 Å². The van der Waals surface area contributed by atoms with Crippen molar-refractivity contribution in [2.45, 2.75) is 23.2 Å². The van der Waals surface area contributed by atoms with Crippen molar-refractivity contribution in [3.63, 3.8) is 0 Å². The molecule has 2 bridgehead atoms. The summed E-state index contributed by atoms with van der Waals surface area (Å²) in [4.78, 5) is 0.0809. The van der Waals surface area contributed by atoms with Crippen LogP contribution in [-0.4, -0.2) is 23.2 Å². The number of hydrogen-bond donors (Lipinski definition) is 3. The molecule has 148 valence electrons. The molecule has 2 aliphatic carbocycles. The molecule has 29 heavy (non-hydrogen) atoms. The van der Waals surface area contributed by atoms with Crippen LogP contribution in [0.5, 0.6) is 11.8 Å². The van der Waals surface area contributed by atoms with Gasteiger partial charge in [0.15, 0.2) is 0 Å². The number of benzene rings is 2. The normalized spacial score (nSPS) is 19.5. The number of sulfonamides is 1. The van der Waals surface area contributed by atoms with Crippen LogP contribution in [0, 0.1) is 0 Å². The highest BCUT2D eigenvalue weighted by atomic mass is 79.9. The zero-order valence-corrected chi connectivity index (χ0v) is 17.5. The van der Waals surface area contributed by atoms with Crippen LogP contribution in [0.4, 0.5) is 5.69 Å². The van der Waals surface area contributed by atoms with Crippen molar-refractivity contribution >= 4 is 31.6 Å². The predicted octanol–water partition coefficient (Wildman–Crippen LogP) is 4.59. The zero-order chi connectivity index (χ0) is 20.3. The number of para-hydroxylation sites is 1. The lowest BCUT2D eigenvalue weighted by Gasteiger charge is -2.12. The number of fused-ring (bicyclic) bond motifs is 5. The standard InChI is InChI=1S/C21H17BrN2O4S/c22-16-3-1-2-4-17(16)23-29(27,28)15-9-7-14(8-10-15)24-20(25)18-12-5-6-13(11-12)19(18)21(24)26/h1-10,12-13,23,25-26H,11H2/t12-,13?/m0/s1. The number of nitrogens with one attached hydrogen (secondary N) is 1. The molecule has 2 atom stereocenters. The molecule has 0 spiro atoms. The van der Waals surface area contributed by atoms with Crippen molar-refractivity contribution in [3.05, 3.63) is 76.3 Å². The van der Waals surface area contributed by atoms with E-state index in [4.69, 9.17) is 0 Å². The van der Waals surface area contributed by atoms with Gasteiger partial charge >= 0.3 is 0 Å². The Morgan fingerprint density at radius 3 is 2.10 bits per heavy atom. The highest BCUT2D eigenvalue weighted by Gasteiger charge is 2.41. The molecule has 0 amide bonds. The maximum absolute atomic E-state index is 12.7. The van der Waals surface area contributed by atoms with E-state index in [9.17, 15) is 18.6 Å². The fraction of sp³-hybridized carbons (Fsp3) is 0.143. The Morgan fingerprint density at radius 1 is 0.931 bits per heavy atom. The van der Waals surface area contributed by atoms with Gasteiger partial charge in [0.05, 0.1) is 16.3 Å². The minimum absolute atomic E-state index is 0.0105. The third kappa shape index (κ3) is 2.78. The van der Waals surface area contributed by atoms with Gasteiger partial charge in [0, 0.05) is 27.4 Å². The van der Waals surface area contributed by atoms with Crippen LogP contribution in [0.25, 0.3) is 5.69 Å². The lowest BCUT2D eigenvalue weighted by molar-refractivity contribution is 0.395. The fourth-order valence-corrected chi connectivity index (χ4v) is 5.80. The molecule has 0 saturated heterocycles. The first-order valence-electron chi connectivity index (χ1n) is 9.09. The molecule has 1 unspecified atom stereocenters. The summed E-state index contributed by atoms with van der Waals surface area (Å²) in [5.74, 6) is 0.262. The average Bonchev–Trinajstić information content (AvgIpc) is 3.38. The summed E-state index contributed by atoms with van der Waals surface area (Å²) in [6.45, 7) is 0. The van der Waals surface area contributed by atoms with Gasteiger partial charge in [0.25, 0.3) is 10.0 Å². The molecular weight excluding hydrogens is 456 g/mol. The van der Waals surface area contributed by atoms with Gasteiger partial charge in [-0.25, -0.2) is 8.42 Å². The SMILES string of the molecule is O=S(=O)(Nc1ccccc1Br)c1ccc(-n2c(O)c3c(c2O)[C@H]2C=CC3C2)cc1. The van der Waals surface area contributed by atoms with Crippen molar-refractivity contribution in [2.75, 3.05) is 4.72 Å². The summed E-state index contributed by atoms with van der Waals surface area (Å²) in [5, 5.41) is 21.4. The van der Waals surface area contributed by atoms with Crippen molar-refractivity contribution in [2.24, 2.45) is 0 Å². The van der Waals surface area contributed by atoms with Crippen LogP contribution in [0.1, 0.15) is 29.4 Å². The van der Waals surface area contributed by atoms with Crippen LogP contribution < -0.4 is 4.72 Å². The lowest BCUT2D eigenvalue weighted by atomic mass is 10.0. The number of rotatable bonds is 4. The maximum Gasteiger partial charge on any atom is 0.261 e. The van der Waals surface area contributed by atoms with E-state index < -0.39 is 10.0 Å². The largest absolute Gasteiger partial charge is 0.494 e. The van der Waals surface area contributed by atoms with Crippen molar-refractivity contribution < 1.29 is 18.6 Å². The summed E-state index contributed by atoms with van der Waals surface area (Å²) in [7, 11) is -3.78. The molecule has 1 aromatic heterocycles. The van der Waals surface area contributed by atoms with E-state index >= 15 is 0 Å². The number of anilines is 1. The second-order valence-electron chi connectivity index (χ2n) is 7.22. The lowest BCUT2D eigenvalue weighted by Crippen LogP contribution is -2.13. The highest BCUT2D eigenvalue weighted by Crippen LogP contribution is 2.57. The predicted molar refractivity (Wildman–Crippen MR) is 113 cm³/mol.